The van der Waals surface area contributed by atoms with Gasteiger partial charge >= 0.3 is 0 Å². The molecule has 1 saturated heterocycles. The topological polar surface area (TPSA) is 78.1 Å². The predicted octanol–water partition coefficient (Wildman–Crippen LogP) is 1.94. The molecule has 0 saturated carbocycles. The smallest absolute Gasteiger partial charge is 0.266 e. The van der Waals surface area contributed by atoms with Gasteiger partial charge in [0, 0.05) is 49.9 Å². The molecule has 0 aliphatic carbocycles. The third-order valence-corrected chi connectivity index (χ3v) is 5.98. The lowest BCUT2D eigenvalue weighted by Crippen LogP contribution is -2.36. The van der Waals surface area contributed by atoms with Gasteiger partial charge in [-0.05, 0) is 50.0 Å². The van der Waals surface area contributed by atoms with Crippen molar-refractivity contribution < 1.29 is 4.74 Å². The number of ether oxygens (including phenoxy) is 1. The fourth-order valence-corrected chi connectivity index (χ4v) is 4.28. The molecule has 156 valence electrons. The van der Waals surface area contributed by atoms with Crippen molar-refractivity contribution in [2.24, 2.45) is 5.92 Å². The summed E-state index contributed by atoms with van der Waals surface area (Å²) in [5, 5.41) is 4.60. The number of hydrogen-bond donors (Lipinski definition) is 0. The van der Waals surface area contributed by atoms with Crippen molar-refractivity contribution in [1.82, 2.24) is 29.2 Å². The van der Waals surface area contributed by atoms with Crippen molar-refractivity contribution in [3.05, 3.63) is 64.7 Å². The normalized spacial score (nSPS) is 17.7. The third-order valence-electron chi connectivity index (χ3n) is 5.98. The first-order valence-corrected chi connectivity index (χ1v) is 10.6. The maximum Gasteiger partial charge on any atom is 0.266 e. The Labute approximate surface area is 175 Å². The van der Waals surface area contributed by atoms with Gasteiger partial charge < -0.3 is 9.30 Å². The van der Waals surface area contributed by atoms with E-state index in [1.54, 1.807) is 29.2 Å². The molecule has 8 heteroatoms. The summed E-state index contributed by atoms with van der Waals surface area (Å²) >= 11 is 0. The highest BCUT2D eigenvalue weighted by atomic mass is 16.5. The Bertz CT molecular complexity index is 1030. The second kappa shape index (κ2) is 8.49. The highest BCUT2D eigenvalue weighted by Crippen LogP contribution is 2.21. The number of nitrogens with zero attached hydrogens (tertiary/aromatic N) is 6. The first-order chi connectivity index (χ1) is 14.7. The van der Waals surface area contributed by atoms with Crippen molar-refractivity contribution >= 4 is 0 Å². The van der Waals surface area contributed by atoms with Crippen molar-refractivity contribution in [1.29, 1.82) is 0 Å². The summed E-state index contributed by atoms with van der Waals surface area (Å²) in [6.45, 7) is 5.85. The molecule has 2 aliphatic rings. The van der Waals surface area contributed by atoms with E-state index in [9.17, 15) is 4.79 Å². The third kappa shape index (κ3) is 4.20. The van der Waals surface area contributed by atoms with Crippen LogP contribution in [-0.2, 0) is 31.0 Å². The van der Waals surface area contributed by atoms with Crippen LogP contribution in [0, 0.1) is 5.92 Å². The maximum absolute atomic E-state index is 12.3. The van der Waals surface area contributed by atoms with E-state index in [-0.39, 0.29) is 5.56 Å². The molecule has 2 aliphatic heterocycles. The Morgan fingerprint density at radius 3 is 2.70 bits per heavy atom. The van der Waals surface area contributed by atoms with Crippen molar-refractivity contribution in [2.75, 3.05) is 19.7 Å². The van der Waals surface area contributed by atoms with Gasteiger partial charge in [-0.2, -0.15) is 5.10 Å². The molecule has 0 aromatic carbocycles. The Morgan fingerprint density at radius 1 is 1.07 bits per heavy atom. The van der Waals surface area contributed by atoms with Gasteiger partial charge in [-0.1, -0.05) is 0 Å². The minimum Gasteiger partial charge on any atom is -0.372 e. The van der Waals surface area contributed by atoms with Crippen molar-refractivity contribution in [3.63, 3.8) is 0 Å². The summed E-state index contributed by atoms with van der Waals surface area (Å²) in [6, 6.07) is 7.22. The zero-order valence-electron chi connectivity index (χ0n) is 17.0. The highest BCUT2D eigenvalue weighted by molar-refractivity contribution is 5.56. The summed E-state index contributed by atoms with van der Waals surface area (Å²) < 4.78 is 9.31. The lowest BCUT2D eigenvalue weighted by Gasteiger charge is -2.31. The number of likely N-dealkylation sites (tertiary alicyclic amines) is 1. The van der Waals surface area contributed by atoms with E-state index in [1.807, 2.05) is 12.1 Å². The molecule has 30 heavy (non-hydrogen) atoms. The first kappa shape index (κ1) is 19.1. The van der Waals surface area contributed by atoms with Gasteiger partial charge in [0.25, 0.3) is 5.56 Å². The fraction of sp³-hybridized carbons (Fsp3) is 0.455. The summed E-state index contributed by atoms with van der Waals surface area (Å²) in [6.07, 6.45) is 7.77. The summed E-state index contributed by atoms with van der Waals surface area (Å²) in [5.74, 6) is 1.49. The van der Waals surface area contributed by atoms with E-state index in [0.717, 1.165) is 68.4 Å². The summed E-state index contributed by atoms with van der Waals surface area (Å²) in [7, 11) is 0. The van der Waals surface area contributed by atoms with Gasteiger partial charge in [-0.3, -0.25) is 14.7 Å². The number of imidazole rings is 1. The van der Waals surface area contributed by atoms with Gasteiger partial charge in [-0.15, -0.1) is 0 Å². The Morgan fingerprint density at radius 2 is 1.90 bits per heavy atom. The monoisotopic (exact) mass is 406 g/mol. The van der Waals surface area contributed by atoms with Crippen molar-refractivity contribution in [3.8, 4) is 11.3 Å². The second-order valence-corrected chi connectivity index (χ2v) is 8.09. The van der Waals surface area contributed by atoms with Crippen LogP contribution in [0.1, 0.15) is 24.4 Å². The van der Waals surface area contributed by atoms with E-state index in [2.05, 4.69) is 25.7 Å². The molecule has 5 heterocycles. The molecule has 0 unspecified atom stereocenters. The molecule has 3 aromatic rings. The summed E-state index contributed by atoms with van der Waals surface area (Å²) in [4.78, 5) is 23.6. The second-order valence-electron chi connectivity index (χ2n) is 8.09. The highest BCUT2D eigenvalue weighted by Gasteiger charge is 2.22. The average molecular weight is 406 g/mol. The fourth-order valence-electron chi connectivity index (χ4n) is 4.28. The van der Waals surface area contributed by atoms with E-state index in [1.165, 1.54) is 0 Å². The van der Waals surface area contributed by atoms with Crippen LogP contribution < -0.4 is 5.56 Å². The van der Waals surface area contributed by atoms with Gasteiger partial charge in [0.2, 0.25) is 0 Å². The Kier molecular flexibility index (Phi) is 5.42. The molecule has 1 fully saturated rings. The minimum absolute atomic E-state index is 0.0407. The first-order valence-electron chi connectivity index (χ1n) is 10.6. The van der Waals surface area contributed by atoms with E-state index in [0.29, 0.717) is 19.1 Å². The summed E-state index contributed by atoms with van der Waals surface area (Å²) in [5.41, 5.74) is 2.86. The van der Waals surface area contributed by atoms with Crippen LogP contribution in [0.5, 0.6) is 0 Å². The molecule has 0 atom stereocenters. The molecule has 0 amide bonds. The molecule has 0 N–H and O–H groups in total. The number of aromatic nitrogens is 5. The molecule has 0 bridgehead atoms. The average Bonchev–Trinajstić information content (AvgIpc) is 3.19. The number of rotatable bonds is 5. The molecular formula is C22H26N6O2. The maximum atomic E-state index is 12.3. The van der Waals surface area contributed by atoms with Crippen LogP contribution in [0.4, 0.5) is 0 Å². The van der Waals surface area contributed by atoms with E-state index < -0.39 is 0 Å². The molecule has 3 aromatic heterocycles. The van der Waals surface area contributed by atoms with Crippen LogP contribution in [0.25, 0.3) is 11.3 Å². The van der Waals surface area contributed by atoms with Gasteiger partial charge in [0.05, 0.1) is 18.0 Å². The van der Waals surface area contributed by atoms with Crippen LogP contribution in [0.2, 0.25) is 0 Å². The Hall–Kier alpha value is -2.84. The van der Waals surface area contributed by atoms with E-state index in [4.69, 9.17) is 9.72 Å². The van der Waals surface area contributed by atoms with Gasteiger partial charge in [-0.25, -0.2) is 9.67 Å². The largest absolute Gasteiger partial charge is 0.372 e. The predicted molar refractivity (Wildman–Crippen MR) is 112 cm³/mol. The number of piperidine rings is 1. The molecular weight excluding hydrogens is 380 g/mol. The number of hydrogen-bond acceptors (Lipinski definition) is 6. The van der Waals surface area contributed by atoms with Crippen LogP contribution >= 0.6 is 0 Å². The zero-order chi connectivity index (χ0) is 20.3. The molecule has 5 rings (SSSR count). The zero-order valence-corrected chi connectivity index (χ0v) is 17.0. The lowest BCUT2D eigenvalue weighted by atomic mass is 9.96. The molecule has 8 nitrogen and oxygen atoms in total. The SMILES string of the molecule is O=c1ccc(-c2ccncc2)nn1CC1CCN(Cc2cn3c(n2)COCC3)CC1. The van der Waals surface area contributed by atoms with E-state index >= 15 is 0 Å². The van der Waals surface area contributed by atoms with Crippen LogP contribution in [0.3, 0.4) is 0 Å². The van der Waals surface area contributed by atoms with Gasteiger partial charge in [0.15, 0.2) is 0 Å². The molecule has 0 spiro atoms. The molecule has 0 radical (unpaired) electrons. The minimum atomic E-state index is -0.0407. The van der Waals surface area contributed by atoms with Crippen LogP contribution in [-0.4, -0.2) is 48.9 Å². The standard InChI is InChI=1S/C22H26N6O2/c29-22-2-1-20(18-3-7-23-8-4-18)25-28(22)13-17-5-9-26(10-6-17)14-19-15-27-11-12-30-16-21(27)24-19/h1-4,7-8,15,17H,5-6,9-14,16H2. The van der Waals surface area contributed by atoms with Crippen molar-refractivity contribution in [2.45, 2.75) is 39.1 Å². The van der Waals surface area contributed by atoms with Crippen LogP contribution in [0.15, 0.2) is 47.7 Å². The number of fused-ring (bicyclic) bond motifs is 1. The quantitative estimate of drug-likeness (QED) is 0.644. The number of pyridine rings is 1. The van der Waals surface area contributed by atoms with Gasteiger partial charge in [0.1, 0.15) is 12.4 Å². The Balaban J connectivity index is 1.19. The lowest BCUT2D eigenvalue weighted by molar-refractivity contribution is 0.0816.